The predicted octanol–water partition coefficient (Wildman–Crippen LogP) is 6.83. The van der Waals surface area contributed by atoms with Crippen molar-refractivity contribution >= 4 is 45.6 Å². The molecule has 4 heteroatoms. The maximum atomic E-state index is 12.5. The quantitative estimate of drug-likeness (QED) is 0.328. The molecule has 0 fully saturated rings. The molecule has 0 aliphatic heterocycles. The summed E-state index contributed by atoms with van der Waals surface area (Å²) in [5.41, 5.74) is 3.89. The van der Waals surface area contributed by atoms with E-state index in [0.29, 0.717) is 27.4 Å². The fourth-order valence-corrected chi connectivity index (χ4v) is 3.69. The number of hydrogen-bond donors (Lipinski definition) is 0. The van der Waals surface area contributed by atoms with Gasteiger partial charge in [-0.15, -0.1) is 0 Å². The molecule has 0 saturated carbocycles. The second-order valence-corrected chi connectivity index (χ2v) is 7.41. The maximum Gasteiger partial charge on any atom is 0.193 e. The summed E-state index contributed by atoms with van der Waals surface area (Å²) in [5.74, 6) is 0.446. The molecule has 3 nitrogen and oxygen atoms in total. The fourth-order valence-electron chi connectivity index (χ4n) is 3.49. The zero-order valence-corrected chi connectivity index (χ0v) is 16.6. The van der Waals surface area contributed by atoms with Gasteiger partial charge in [0.05, 0.1) is 10.9 Å². The van der Waals surface area contributed by atoms with Gasteiger partial charge in [-0.2, -0.15) is 0 Å². The van der Waals surface area contributed by atoms with Crippen molar-refractivity contribution in [3.05, 3.63) is 111 Å². The van der Waals surface area contributed by atoms with E-state index in [1.165, 1.54) is 6.07 Å². The number of nitrogens with zero attached hydrogens (tertiary/aromatic N) is 1. The lowest BCUT2D eigenvalue weighted by molar-refractivity contribution is 0.616. The van der Waals surface area contributed by atoms with Gasteiger partial charge in [-0.1, -0.05) is 66.2 Å². The smallest absolute Gasteiger partial charge is 0.193 e. The topological polar surface area (TPSA) is 43.1 Å². The zero-order valence-electron chi connectivity index (χ0n) is 15.9. The van der Waals surface area contributed by atoms with Gasteiger partial charge in [0, 0.05) is 16.5 Å². The third-order valence-corrected chi connectivity index (χ3v) is 5.17. The van der Waals surface area contributed by atoms with Gasteiger partial charge in [-0.05, 0) is 47.5 Å². The highest BCUT2D eigenvalue weighted by Gasteiger charge is 2.11. The van der Waals surface area contributed by atoms with Gasteiger partial charge >= 0.3 is 0 Å². The van der Waals surface area contributed by atoms with Crippen molar-refractivity contribution in [2.45, 2.75) is 0 Å². The number of hydrogen-bond acceptors (Lipinski definition) is 3. The number of rotatable bonds is 3. The number of fused-ring (bicyclic) bond motifs is 2. The lowest BCUT2D eigenvalue weighted by Gasteiger charge is -2.07. The summed E-state index contributed by atoms with van der Waals surface area (Å²) in [4.78, 5) is 17.3. The van der Waals surface area contributed by atoms with Gasteiger partial charge in [0.2, 0.25) is 0 Å². The minimum Gasteiger partial charge on any atom is -0.454 e. The minimum absolute atomic E-state index is 0.0853. The Morgan fingerprint density at radius 2 is 1.60 bits per heavy atom. The average molecular weight is 410 g/mol. The molecule has 2 aromatic heterocycles. The van der Waals surface area contributed by atoms with Crippen LogP contribution in [0.2, 0.25) is 5.02 Å². The standard InChI is InChI=1S/C26H16ClNO2/c27-19-7-5-6-17(14-19)12-13-18-15-23(28-22-10-3-1-8-20(18)22)26-16-24(29)21-9-2-4-11-25(21)30-26/h1-16H/b13-12+. The lowest BCUT2D eigenvalue weighted by atomic mass is 10.0. The highest BCUT2D eigenvalue weighted by molar-refractivity contribution is 6.30. The molecule has 0 unspecified atom stereocenters. The van der Waals surface area contributed by atoms with Crippen LogP contribution in [0.25, 0.3) is 45.5 Å². The molecule has 30 heavy (non-hydrogen) atoms. The first-order valence-electron chi connectivity index (χ1n) is 9.54. The van der Waals surface area contributed by atoms with Gasteiger partial charge in [0.15, 0.2) is 11.2 Å². The molecule has 0 aliphatic carbocycles. The largest absolute Gasteiger partial charge is 0.454 e. The molecule has 2 heterocycles. The van der Waals surface area contributed by atoms with Crippen LogP contribution in [0.15, 0.2) is 94.1 Å². The third-order valence-electron chi connectivity index (χ3n) is 4.94. The van der Waals surface area contributed by atoms with Gasteiger partial charge in [-0.3, -0.25) is 4.79 Å². The van der Waals surface area contributed by atoms with Crippen molar-refractivity contribution in [1.82, 2.24) is 4.98 Å². The van der Waals surface area contributed by atoms with Crippen molar-refractivity contribution in [2.24, 2.45) is 0 Å². The Morgan fingerprint density at radius 3 is 2.47 bits per heavy atom. The molecule has 0 N–H and O–H groups in total. The highest BCUT2D eigenvalue weighted by Crippen LogP contribution is 2.27. The van der Waals surface area contributed by atoms with Gasteiger partial charge < -0.3 is 4.42 Å². The minimum atomic E-state index is -0.0853. The van der Waals surface area contributed by atoms with E-state index in [2.05, 4.69) is 0 Å². The second-order valence-electron chi connectivity index (χ2n) is 6.97. The molecular weight excluding hydrogens is 394 g/mol. The van der Waals surface area contributed by atoms with E-state index >= 15 is 0 Å². The summed E-state index contributed by atoms with van der Waals surface area (Å²) < 4.78 is 6.01. The van der Waals surface area contributed by atoms with Crippen molar-refractivity contribution in [1.29, 1.82) is 0 Å². The van der Waals surface area contributed by atoms with E-state index in [4.69, 9.17) is 21.0 Å². The third kappa shape index (κ3) is 3.51. The number of benzene rings is 3. The number of pyridine rings is 1. The molecule has 3 aromatic carbocycles. The van der Waals surface area contributed by atoms with Crippen molar-refractivity contribution < 1.29 is 4.42 Å². The summed E-state index contributed by atoms with van der Waals surface area (Å²) in [6.45, 7) is 0. The van der Waals surface area contributed by atoms with Gasteiger partial charge in [0.1, 0.15) is 11.3 Å². The molecule has 0 radical (unpaired) electrons. The van der Waals surface area contributed by atoms with Crippen molar-refractivity contribution in [2.75, 3.05) is 0 Å². The number of para-hydroxylation sites is 2. The molecule has 0 saturated heterocycles. The summed E-state index contributed by atoms with van der Waals surface area (Å²) in [6, 6.07) is 26.3. The van der Waals surface area contributed by atoms with Crippen LogP contribution in [0.1, 0.15) is 11.1 Å². The first-order valence-corrected chi connectivity index (χ1v) is 9.92. The van der Waals surface area contributed by atoms with Crippen LogP contribution in [-0.2, 0) is 0 Å². The van der Waals surface area contributed by atoms with Crippen LogP contribution in [0, 0.1) is 0 Å². The summed E-state index contributed by atoms with van der Waals surface area (Å²) in [5, 5.41) is 2.26. The SMILES string of the molecule is O=c1cc(-c2cc(/C=C/c3cccc(Cl)c3)c3ccccc3n2)oc2ccccc12. The monoisotopic (exact) mass is 409 g/mol. The molecule has 0 aliphatic rings. The van der Waals surface area contributed by atoms with Crippen LogP contribution in [-0.4, -0.2) is 4.98 Å². The Kier molecular flexibility index (Phi) is 4.66. The lowest BCUT2D eigenvalue weighted by Crippen LogP contribution is -2.01. The average Bonchev–Trinajstić information content (AvgIpc) is 2.77. The molecule has 144 valence electrons. The molecule has 0 amide bonds. The number of aromatic nitrogens is 1. The zero-order chi connectivity index (χ0) is 20.5. The molecular formula is C26H16ClNO2. The molecule has 5 rings (SSSR count). The van der Waals surface area contributed by atoms with Crippen LogP contribution < -0.4 is 5.43 Å². The predicted molar refractivity (Wildman–Crippen MR) is 124 cm³/mol. The second kappa shape index (κ2) is 7.62. The van der Waals surface area contributed by atoms with E-state index in [0.717, 1.165) is 22.0 Å². The summed E-state index contributed by atoms with van der Waals surface area (Å²) >= 11 is 6.10. The first-order chi connectivity index (χ1) is 14.7. The molecule has 0 spiro atoms. The summed E-state index contributed by atoms with van der Waals surface area (Å²) in [7, 11) is 0. The van der Waals surface area contributed by atoms with Gasteiger partial charge in [-0.25, -0.2) is 4.98 Å². The van der Waals surface area contributed by atoms with E-state index in [-0.39, 0.29) is 5.43 Å². The van der Waals surface area contributed by atoms with Crippen molar-refractivity contribution in [3.63, 3.8) is 0 Å². The Balaban J connectivity index is 1.68. The van der Waals surface area contributed by atoms with Crippen LogP contribution >= 0.6 is 11.6 Å². The van der Waals surface area contributed by atoms with E-state index in [9.17, 15) is 4.79 Å². The Morgan fingerprint density at radius 1 is 0.800 bits per heavy atom. The van der Waals surface area contributed by atoms with Crippen LogP contribution in [0.3, 0.4) is 0 Å². The molecule has 0 atom stereocenters. The maximum absolute atomic E-state index is 12.5. The first kappa shape index (κ1) is 18.3. The normalized spacial score (nSPS) is 11.5. The van der Waals surface area contributed by atoms with Crippen molar-refractivity contribution in [3.8, 4) is 11.5 Å². The van der Waals surface area contributed by atoms with Crippen LogP contribution in [0.4, 0.5) is 0 Å². The number of halogens is 1. The summed E-state index contributed by atoms with van der Waals surface area (Å²) in [6.07, 6.45) is 4.03. The fraction of sp³-hybridized carbons (Fsp3) is 0. The van der Waals surface area contributed by atoms with E-state index in [1.807, 2.05) is 78.9 Å². The van der Waals surface area contributed by atoms with Gasteiger partial charge in [0.25, 0.3) is 0 Å². The molecule has 0 bridgehead atoms. The Bertz CT molecular complexity index is 1480. The molecule has 5 aromatic rings. The Labute approximate surface area is 177 Å². The highest BCUT2D eigenvalue weighted by atomic mass is 35.5. The van der Waals surface area contributed by atoms with E-state index in [1.54, 1.807) is 12.1 Å². The van der Waals surface area contributed by atoms with Crippen LogP contribution in [0.5, 0.6) is 0 Å². The van der Waals surface area contributed by atoms with E-state index < -0.39 is 0 Å². The Hall–Kier alpha value is -3.69.